The van der Waals surface area contributed by atoms with Gasteiger partial charge in [0.05, 0.1) is 7.11 Å². The Kier molecular flexibility index (Phi) is 1.43. The van der Waals surface area contributed by atoms with Crippen molar-refractivity contribution in [3.8, 4) is 0 Å². The minimum absolute atomic E-state index is 0.171. The lowest BCUT2D eigenvalue weighted by atomic mass is 10.2. The van der Waals surface area contributed by atoms with Crippen LogP contribution in [0.3, 0.4) is 0 Å². The Morgan fingerprint density at radius 1 is 1.64 bits per heavy atom. The number of fused-ring (bicyclic) bond motifs is 1. The molecule has 0 radical (unpaired) electrons. The molecule has 0 saturated carbocycles. The lowest BCUT2D eigenvalue weighted by molar-refractivity contribution is -0.114. The molecule has 2 rings (SSSR count). The monoisotopic (exact) mass is 150 g/mol. The molecular formula is C8H10N2O. The summed E-state index contributed by atoms with van der Waals surface area (Å²) in [5.74, 6) is 0. The second-order valence-corrected chi connectivity index (χ2v) is 2.45. The molecule has 1 N–H and O–H groups in total. The molecule has 1 unspecified atom stereocenters. The van der Waals surface area contributed by atoms with Crippen LogP contribution in [0, 0.1) is 0 Å². The van der Waals surface area contributed by atoms with Crippen molar-refractivity contribution in [1.82, 2.24) is 10.4 Å². The molecule has 0 fully saturated rings. The molecule has 3 nitrogen and oxygen atoms in total. The Labute approximate surface area is 65.6 Å². The van der Waals surface area contributed by atoms with Crippen LogP contribution < -0.4 is 5.32 Å². The Morgan fingerprint density at radius 2 is 2.55 bits per heavy atom. The number of nitrogens with one attached hydrogen (secondary N) is 1. The summed E-state index contributed by atoms with van der Waals surface area (Å²) in [4.78, 5) is 5.11. The highest BCUT2D eigenvalue weighted by Crippen LogP contribution is 2.18. The third-order valence-corrected chi connectivity index (χ3v) is 1.83. The van der Waals surface area contributed by atoms with Crippen LogP contribution in [0.1, 0.15) is 0 Å². The van der Waals surface area contributed by atoms with Crippen LogP contribution >= 0.6 is 0 Å². The molecule has 0 aromatic heterocycles. The third-order valence-electron chi connectivity index (χ3n) is 1.83. The van der Waals surface area contributed by atoms with E-state index in [1.165, 1.54) is 5.57 Å². The molecule has 0 amide bonds. The minimum Gasteiger partial charge on any atom is -0.366 e. The summed E-state index contributed by atoms with van der Waals surface area (Å²) in [6, 6.07) is 0. The Hall–Kier alpha value is -1.22. The van der Waals surface area contributed by atoms with Gasteiger partial charge in [-0.1, -0.05) is 6.08 Å². The first-order valence-electron chi connectivity index (χ1n) is 3.55. The molecule has 0 saturated heterocycles. The average Bonchev–Trinajstić information content (AvgIpc) is 2.50. The van der Waals surface area contributed by atoms with E-state index in [0.717, 1.165) is 0 Å². The number of hydrogen-bond acceptors (Lipinski definition) is 3. The van der Waals surface area contributed by atoms with Gasteiger partial charge in [-0.15, -0.1) is 0 Å². The van der Waals surface area contributed by atoms with Crippen LogP contribution in [0.4, 0.5) is 0 Å². The molecular weight excluding hydrogens is 140 g/mol. The van der Waals surface area contributed by atoms with E-state index in [1.807, 2.05) is 24.6 Å². The van der Waals surface area contributed by atoms with Gasteiger partial charge in [0.15, 0.2) is 0 Å². The van der Waals surface area contributed by atoms with Crippen molar-refractivity contribution in [2.45, 2.75) is 6.17 Å². The molecule has 2 aliphatic heterocycles. The summed E-state index contributed by atoms with van der Waals surface area (Å²) < 4.78 is 0. The molecule has 2 heterocycles. The average molecular weight is 150 g/mol. The summed E-state index contributed by atoms with van der Waals surface area (Å²) in [6.45, 7) is 0. The van der Waals surface area contributed by atoms with Crippen LogP contribution in [-0.4, -0.2) is 18.3 Å². The first-order chi connectivity index (χ1) is 5.42. The fraction of sp³-hybridized carbons (Fsp3) is 0.250. The Bertz CT molecular complexity index is 242. The van der Waals surface area contributed by atoms with Crippen LogP contribution in [0.15, 0.2) is 36.2 Å². The fourth-order valence-corrected chi connectivity index (χ4v) is 1.28. The van der Waals surface area contributed by atoms with Crippen molar-refractivity contribution in [2.24, 2.45) is 0 Å². The summed E-state index contributed by atoms with van der Waals surface area (Å²) in [5.41, 5.74) is 1.23. The van der Waals surface area contributed by atoms with Gasteiger partial charge in [0.2, 0.25) is 0 Å². The highest BCUT2D eigenvalue weighted by Gasteiger charge is 2.22. The van der Waals surface area contributed by atoms with Crippen molar-refractivity contribution in [3.63, 3.8) is 0 Å². The van der Waals surface area contributed by atoms with Gasteiger partial charge in [-0.05, 0) is 23.9 Å². The first kappa shape index (κ1) is 6.49. The number of hydroxylamine groups is 2. The van der Waals surface area contributed by atoms with Gasteiger partial charge in [0.1, 0.15) is 6.17 Å². The van der Waals surface area contributed by atoms with Crippen LogP contribution in [0.25, 0.3) is 0 Å². The zero-order valence-corrected chi connectivity index (χ0v) is 6.32. The molecule has 0 bridgehead atoms. The van der Waals surface area contributed by atoms with Crippen LogP contribution in [0.5, 0.6) is 0 Å². The minimum atomic E-state index is 0.171. The zero-order chi connectivity index (χ0) is 7.68. The molecule has 3 heteroatoms. The Morgan fingerprint density at radius 3 is 3.36 bits per heavy atom. The summed E-state index contributed by atoms with van der Waals surface area (Å²) in [7, 11) is 1.66. The Balaban J connectivity index is 2.23. The molecule has 0 aliphatic carbocycles. The van der Waals surface area contributed by atoms with Gasteiger partial charge in [-0.25, -0.2) is 5.06 Å². The summed E-state index contributed by atoms with van der Waals surface area (Å²) in [6.07, 6.45) is 10.1. The molecule has 0 aromatic carbocycles. The summed E-state index contributed by atoms with van der Waals surface area (Å²) in [5, 5.41) is 4.93. The van der Waals surface area contributed by atoms with Gasteiger partial charge >= 0.3 is 0 Å². The number of hydrogen-bond donors (Lipinski definition) is 1. The second kappa shape index (κ2) is 2.43. The quantitative estimate of drug-likeness (QED) is 0.597. The first-order valence-corrected chi connectivity index (χ1v) is 3.55. The van der Waals surface area contributed by atoms with E-state index in [9.17, 15) is 0 Å². The van der Waals surface area contributed by atoms with Gasteiger partial charge in [0.25, 0.3) is 0 Å². The maximum atomic E-state index is 5.11. The lowest BCUT2D eigenvalue weighted by Gasteiger charge is -2.28. The van der Waals surface area contributed by atoms with E-state index in [2.05, 4.69) is 11.4 Å². The maximum absolute atomic E-state index is 5.11. The molecule has 58 valence electrons. The zero-order valence-electron chi connectivity index (χ0n) is 6.32. The molecule has 1 atom stereocenters. The van der Waals surface area contributed by atoms with E-state index in [0.29, 0.717) is 0 Å². The van der Waals surface area contributed by atoms with Crippen molar-refractivity contribution < 1.29 is 4.84 Å². The van der Waals surface area contributed by atoms with Gasteiger partial charge in [0, 0.05) is 6.20 Å². The van der Waals surface area contributed by atoms with Crippen molar-refractivity contribution in [1.29, 1.82) is 0 Å². The SMILES string of the molecule is CON1C=CC=C2C=CNC21. The normalized spacial score (nSPS) is 26.5. The van der Waals surface area contributed by atoms with Crippen LogP contribution in [-0.2, 0) is 4.84 Å². The van der Waals surface area contributed by atoms with E-state index in [-0.39, 0.29) is 6.17 Å². The van der Waals surface area contributed by atoms with Gasteiger partial charge < -0.3 is 5.32 Å². The molecule has 2 aliphatic rings. The number of allylic oxidation sites excluding steroid dienone is 2. The fourth-order valence-electron chi connectivity index (χ4n) is 1.28. The van der Waals surface area contributed by atoms with Gasteiger partial charge in [-0.3, -0.25) is 4.84 Å². The van der Waals surface area contributed by atoms with Crippen LogP contribution in [0.2, 0.25) is 0 Å². The van der Waals surface area contributed by atoms with Gasteiger partial charge in [-0.2, -0.15) is 0 Å². The highest BCUT2D eigenvalue weighted by atomic mass is 16.7. The molecule has 11 heavy (non-hydrogen) atoms. The highest BCUT2D eigenvalue weighted by molar-refractivity contribution is 5.35. The smallest absolute Gasteiger partial charge is 0.149 e. The summed E-state index contributed by atoms with van der Waals surface area (Å²) >= 11 is 0. The van der Waals surface area contributed by atoms with E-state index in [1.54, 1.807) is 12.2 Å². The topological polar surface area (TPSA) is 24.5 Å². The maximum Gasteiger partial charge on any atom is 0.149 e. The number of rotatable bonds is 1. The van der Waals surface area contributed by atoms with Crippen molar-refractivity contribution >= 4 is 0 Å². The van der Waals surface area contributed by atoms with E-state index in [4.69, 9.17) is 4.84 Å². The van der Waals surface area contributed by atoms with E-state index >= 15 is 0 Å². The largest absolute Gasteiger partial charge is 0.366 e. The second-order valence-electron chi connectivity index (χ2n) is 2.45. The van der Waals surface area contributed by atoms with E-state index < -0.39 is 0 Å². The predicted octanol–water partition coefficient (Wildman–Crippen LogP) is 0.746. The van der Waals surface area contributed by atoms with Crippen molar-refractivity contribution in [3.05, 3.63) is 36.2 Å². The lowest BCUT2D eigenvalue weighted by Crippen LogP contribution is -2.39. The molecule has 0 aromatic rings. The standard InChI is InChI=1S/C8H10N2O/c1-11-10-6-2-3-7-4-5-9-8(7)10/h2-6,8-9H,1H3. The van der Waals surface area contributed by atoms with Crippen molar-refractivity contribution in [2.75, 3.05) is 7.11 Å². The molecule has 0 spiro atoms. The third kappa shape index (κ3) is 0.935. The number of nitrogens with zero attached hydrogens (tertiary/aromatic N) is 1. The predicted molar refractivity (Wildman–Crippen MR) is 42.1 cm³/mol.